The lowest BCUT2D eigenvalue weighted by atomic mass is 10.0. The van der Waals surface area contributed by atoms with Crippen LogP contribution in [-0.2, 0) is 32.6 Å². The van der Waals surface area contributed by atoms with Gasteiger partial charge in [0.05, 0.1) is 24.8 Å². The summed E-state index contributed by atoms with van der Waals surface area (Å²) >= 11 is 6.15. The van der Waals surface area contributed by atoms with Gasteiger partial charge in [0.25, 0.3) is 10.0 Å². The first-order valence-electron chi connectivity index (χ1n) is 15.1. The number of ether oxygens (including phenoxy) is 2. The molecule has 0 aromatic heterocycles. The van der Waals surface area contributed by atoms with Crippen molar-refractivity contribution >= 4 is 39.1 Å². The molecule has 9 nitrogen and oxygen atoms in total. The van der Waals surface area contributed by atoms with Gasteiger partial charge in [-0.05, 0) is 68.3 Å². The highest BCUT2D eigenvalue weighted by molar-refractivity contribution is 7.92. The Morgan fingerprint density at radius 1 is 0.830 bits per heavy atom. The van der Waals surface area contributed by atoms with Gasteiger partial charge in [0.15, 0.2) is 11.5 Å². The number of carbonyl (C=O) groups excluding carboxylic acids is 2. The molecule has 0 spiro atoms. The Hall–Kier alpha value is -4.54. The van der Waals surface area contributed by atoms with Gasteiger partial charge in [0.2, 0.25) is 11.8 Å². The second kappa shape index (κ2) is 15.8. The molecule has 0 heterocycles. The van der Waals surface area contributed by atoms with Crippen LogP contribution in [0.25, 0.3) is 0 Å². The third-order valence-corrected chi connectivity index (χ3v) is 9.53. The van der Waals surface area contributed by atoms with Crippen molar-refractivity contribution in [3.63, 3.8) is 0 Å². The molecular formula is C36H40ClN3O6S. The molecule has 0 fully saturated rings. The van der Waals surface area contributed by atoms with Gasteiger partial charge in [0, 0.05) is 30.1 Å². The molecule has 0 bridgehead atoms. The highest BCUT2D eigenvalue weighted by atomic mass is 35.5. The van der Waals surface area contributed by atoms with E-state index in [9.17, 15) is 18.0 Å². The monoisotopic (exact) mass is 677 g/mol. The highest BCUT2D eigenvalue weighted by Gasteiger charge is 2.35. The molecule has 0 saturated carbocycles. The first-order valence-corrected chi connectivity index (χ1v) is 16.9. The number of amides is 2. The van der Waals surface area contributed by atoms with Crippen molar-refractivity contribution in [3.8, 4) is 11.5 Å². The van der Waals surface area contributed by atoms with E-state index in [2.05, 4.69) is 5.32 Å². The molecule has 0 aliphatic heterocycles. The molecule has 0 aliphatic rings. The summed E-state index contributed by atoms with van der Waals surface area (Å²) in [5.41, 5.74) is 2.78. The number of nitrogens with one attached hydrogen (secondary N) is 1. The number of anilines is 1. The molecule has 4 rings (SSSR count). The lowest BCUT2D eigenvalue weighted by molar-refractivity contribution is -0.140. The Kier molecular flexibility index (Phi) is 11.9. The fourth-order valence-corrected chi connectivity index (χ4v) is 6.62. The van der Waals surface area contributed by atoms with Crippen LogP contribution in [0.1, 0.15) is 30.5 Å². The van der Waals surface area contributed by atoms with Gasteiger partial charge in [-0.2, -0.15) is 0 Å². The molecule has 4 aromatic rings. The van der Waals surface area contributed by atoms with Crippen molar-refractivity contribution in [2.75, 3.05) is 25.1 Å². The zero-order chi connectivity index (χ0) is 34.1. The number of benzene rings is 4. The van der Waals surface area contributed by atoms with E-state index in [0.717, 1.165) is 21.0 Å². The normalized spacial score (nSPS) is 11.9. The topological polar surface area (TPSA) is 105 Å². The van der Waals surface area contributed by atoms with E-state index < -0.39 is 28.5 Å². The molecule has 0 aliphatic carbocycles. The van der Waals surface area contributed by atoms with Gasteiger partial charge in [0.1, 0.15) is 12.6 Å². The van der Waals surface area contributed by atoms with Gasteiger partial charge in [-0.25, -0.2) is 8.42 Å². The van der Waals surface area contributed by atoms with E-state index in [-0.39, 0.29) is 41.2 Å². The Labute approximate surface area is 282 Å². The molecule has 0 radical (unpaired) electrons. The molecule has 248 valence electrons. The number of aryl methyl sites for hydroxylation is 1. The van der Waals surface area contributed by atoms with Crippen LogP contribution < -0.4 is 19.1 Å². The highest BCUT2D eigenvalue weighted by Crippen LogP contribution is 2.32. The number of nitrogens with zero attached hydrogens (tertiary/aromatic N) is 2. The summed E-state index contributed by atoms with van der Waals surface area (Å²) in [7, 11) is -1.45. The third kappa shape index (κ3) is 9.05. The predicted molar refractivity (Wildman–Crippen MR) is 184 cm³/mol. The minimum Gasteiger partial charge on any atom is -0.493 e. The fourth-order valence-electron chi connectivity index (χ4n) is 5.07. The molecule has 1 atom stereocenters. The van der Waals surface area contributed by atoms with Crippen molar-refractivity contribution in [2.24, 2.45) is 0 Å². The average Bonchev–Trinajstić information content (AvgIpc) is 3.06. The van der Waals surface area contributed by atoms with E-state index in [1.165, 1.54) is 37.3 Å². The minimum absolute atomic E-state index is 0.0389. The molecule has 2 amide bonds. The van der Waals surface area contributed by atoms with Crippen molar-refractivity contribution in [2.45, 2.75) is 50.7 Å². The van der Waals surface area contributed by atoms with Crippen LogP contribution >= 0.6 is 11.6 Å². The Balaban J connectivity index is 1.82. The Bertz CT molecular complexity index is 1770. The largest absolute Gasteiger partial charge is 0.493 e. The number of methoxy groups -OCH3 is 2. The van der Waals surface area contributed by atoms with Gasteiger partial charge in [-0.3, -0.25) is 13.9 Å². The van der Waals surface area contributed by atoms with Crippen molar-refractivity contribution < 1.29 is 27.5 Å². The van der Waals surface area contributed by atoms with Crippen LogP contribution in [0.4, 0.5) is 5.69 Å². The van der Waals surface area contributed by atoms with E-state index in [1.807, 2.05) is 51.1 Å². The van der Waals surface area contributed by atoms with Crippen molar-refractivity contribution in [1.82, 2.24) is 10.2 Å². The summed E-state index contributed by atoms with van der Waals surface area (Å²) in [4.78, 5) is 29.7. The minimum atomic E-state index is -4.32. The summed E-state index contributed by atoms with van der Waals surface area (Å²) in [6.45, 7) is 5.04. The zero-order valence-corrected chi connectivity index (χ0v) is 28.7. The Morgan fingerprint density at radius 2 is 1.47 bits per heavy atom. The quantitative estimate of drug-likeness (QED) is 0.175. The van der Waals surface area contributed by atoms with Crippen LogP contribution in [0, 0.1) is 6.92 Å². The first kappa shape index (κ1) is 35.3. The number of halogens is 1. The maximum atomic E-state index is 14.6. The van der Waals surface area contributed by atoms with Gasteiger partial charge in [-0.1, -0.05) is 71.8 Å². The fraction of sp³-hybridized carbons (Fsp3) is 0.278. The third-order valence-electron chi connectivity index (χ3n) is 7.51. The van der Waals surface area contributed by atoms with E-state index in [0.29, 0.717) is 10.8 Å². The van der Waals surface area contributed by atoms with Gasteiger partial charge in [-0.15, -0.1) is 0 Å². The lowest BCUT2D eigenvalue weighted by Crippen LogP contribution is -2.54. The second-order valence-electron chi connectivity index (χ2n) is 11.4. The molecular weight excluding hydrogens is 638 g/mol. The first-order chi connectivity index (χ1) is 22.4. The van der Waals surface area contributed by atoms with Crippen LogP contribution in [-0.4, -0.2) is 58.0 Å². The number of carbonyl (C=O) groups is 2. The average molecular weight is 678 g/mol. The summed E-state index contributed by atoms with van der Waals surface area (Å²) in [6, 6.07) is 26.3. The van der Waals surface area contributed by atoms with E-state index in [1.54, 1.807) is 48.5 Å². The maximum Gasteiger partial charge on any atom is 0.264 e. The molecule has 47 heavy (non-hydrogen) atoms. The molecule has 0 saturated heterocycles. The SMILES string of the molecule is COc1ccc(S(=O)(=O)N(CC(=O)N(Cc2ccc(Cl)cc2)[C@H](Cc2ccccc2)C(=O)NC(C)C)c2ccc(C)cc2)cc1OC. The Morgan fingerprint density at radius 3 is 2.06 bits per heavy atom. The van der Waals surface area contributed by atoms with Crippen LogP contribution in [0.5, 0.6) is 11.5 Å². The standard InChI is InChI=1S/C36H40ClN3O6S/c1-25(2)38-36(42)32(21-27-9-7-6-8-10-27)39(23-28-13-15-29(37)16-14-28)35(41)24-40(30-17-11-26(3)12-18-30)47(43,44)31-19-20-33(45-4)34(22-31)46-5/h6-20,22,25,32H,21,23-24H2,1-5H3,(H,38,42)/t32-/m1/s1. The van der Waals surface area contributed by atoms with Crippen molar-refractivity contribution in [3.05, 3.63) is 119 Å². The number of rotatable bonds is 14. The van der Waals surface area contributed by atoms with Gasteiger partial charge >= 0.3 is 0 Å². The summed E-state index contributed by atoms with van der Waals surface area (Å²) in [5, 5.41) is 3.48. The summed E-state index contributed by atoms with van der Waals surface area (Å²) < 4.78 is 40.4. The van der Waals surface area contributed by atoms with Crippen LogP contribution in [0.3, 0.4) is 0 Å². The van der Waals surface area contributed by atoms with E-state index >= 15 is 0 Å². The predicted octanol–water partition coefficient (Wildman–Crippen LogP) is 6.03. The van der Waals surface area contributed by atoms with Crippen molar-refractivity contribution in [1.29, 1.82) is 0 Å². The molecule has 0 unspecified atom stereocenters. The van der Waals surface area contributed by atoms with Crippen LogP contribution in [0.15, 0.2) is 102 Å². The van der Waals surface area contributed by atoms with E-state index in [4.69, 9.17) is 21.1 Å². The number of hydrogen-bond acceptors (Lipinski definition) is 6. The molecule has 4 aromatic carbocycles. The second-order valence-corrected chi connectivity index (χ2v) is 13.7. The molecule has 11 heteroatoms. The lowest BCUT2D eigenvalue weighted by Gasteiger charge is -2.34. The smallest absolute Gasteiger partial charge is 0.264 e. The number of sulfonamides is 1. The maximum absolute atomic E-state index is 14.6. The zero-order valence-electron chi connectivity index (χ0n) is 27.1. The van der Waals surface area contributed by atoms with Crippen LogP contribution in [0.2, 0.25) is 5.02 Å². The summed E-state index contributed by atoms with van der Waals surface area (Å²) in [5.74, 6) is -0.333. The van der Waals surface area contributed by atoms with Gasteiger partial charge < -0.3 is 19.7 Å². The number of hydrogen-bond donors (Lipinski definition) is 1. The molecule has 1 N–H and O–H groups in total. The summed E-state index contributed by atoms with van der Waals surface area (Å²) in [6.07, 6.45) is 0.214.